The molecule has 0 aromatic heterocycles. The highest BCUT2D eigenvalue weighted by Crippen LogP contribution is 2.30. The molecule has 1 aliphatic rings. The molecule has 1 saturated heterocycles. The Kier molecular flexibility index (Phi) is 3.90. The van der Waals surface area contributed by atoms with E-state index in [0.29, 0.717) is 13.2 Å². The van der Waals surface area contributed by atoms with Crippen molar-refractivity contribution in [1.82, 2.24) is 0 Å². The van der Waals surface area contributed by atoms with Crippen LogP contribution in [0.2, 0.25) is 0 Å². The minimum Gasteiger partial charge on any atom is -0.396 e. The van der Waals surface area contributed by atoms with Crippen LogP contribution in [-0.4, -0.2) is 30.7 Å². The Balaban J connectivity index is 2.47. The molecule has 0 saturated carbocycles. The molecule has 1 unspecified atom stereocenters. The monoisotopic (exact) mass is 186 g/mol. The van der Waals surface area contributed by atoms with Crippen molar-refractivity contribution in [2.24, 2.45) is 5.92 Å². The lowest BCUT2D eigenvalue weighted by Crippen LogP contribution is -2.38. The molecule has 1 N–H and O–H groups in total. The summed E-state index contributed by atoms with van der Waals surface area (Å²) in [5, 5.41) is 9.18. The number of aliphatic hydroxyl groups is 1. The highest BCUT2D eigenvalue weighted by Gasteiger charge is 2.38. The summed E-state index contributed by atoms with van der Waals surface area (Å²) in [4.78, 5) is 0. The van der Waals surface area contributed by atoms with Crippen molar-refractivity contribution >= 4 is 0 Å². The maximum Gasteiger partial charge on any atom is 0.170 e. The number of hydrogen-bond donors (Lipinski definition) is 1. The second kappa shape index (κ2) is 4.74. The van der Waals surface area contributed by atoms with Gasteiger partial charge in [0.15, 0.2) is 5.79 Å². The maximum atomic E-state index is 9.18. The van der Waals surface area contributed by atoms with Gasteiger partial charge >= 0.3 is 0 Å². The van der Waals surface area contributed by atoms with Gasteiger partial charge in [-0.2, -0.15) is 0 Å². The van der Waals surface area contributed by atoms with Crippen LogP contribution in [-0.2, 0) is 9.47 Å². The molecule has 0 amide bonds. The van der Waals surface area contributed by atoms with Crippen molar-refractivity contribution in [3.63, 3.8) is 0 Å². The van der Waals surface area contributed by atoms with Crippen LogP contribution in [0.5, 0.6) is 0 Å². The Hall–Kier alpha value is -0.380. The molecule has 0 spiro atoms. The second-order valence-electron chi connectivity index (χ2n) is 3.46. The fourth-order valence-electron chi connectivity index (χ4n) is 1.60. The Bertz CT molecular complexity index is 162. The summed E-state index contributed by atoms with van der Waals surface area (Å²) in [6.07, 6.45) is 3.59. The smallest absolute Gasteiger partial charge is 0.170 e. The van der Waals surface area contributed by atoms with Crippen LogP contribution in [0.1, 0.15) is 19.8 Å². The topological polar surface area (TPSA) is 38.7 Å². The van der Waals surface area contributed by atoms with Gasteiger partial charge in [0.2, 0.25) is 0 Å². The Morgan fingerprint density at radius 3 is 2.62 bits per heavy atom. The van der Waals surface area contributed by atoms with Gasteiger partial charge in [-0.05, 0) is 19.8 Å². The summed E-state index contributed by atoms with van der Waals surface area (Å²) in [5.41, 5.74) is 0. The van der Waals surface area contributed by atoms with Gasteiger partial charge in [0, 0.05) is 5.92 Å². The zero-order valence-electron chi connectivity index (χ0n) is 8.16. The van der Waals surface area contributed by atoms with Crippen molar-refractivity contribution in [2.45, 2.75) is 25.6 Å². The van der Waals surface area contributed by atoms with Crippen LogP contribution in [0.3, 0.4) is 0 Å². The largest absolute Gasteiger partial charge is 0.396 e. The third-order valence-electron chi connectivity index (χ3n) is 2.54. The first-order valence-corrected chi connectivity index (χ1v) is 4.72. The highest BCUT2D eigenvalue weighted by atomic mass is 16.7. The molecule has 0 radical (unpaired) electrons. The van der Waals surface area contributed by atoms with Crippen molar-refractivity contribution in [3.8, 4) is 0 Å². The van der Waals surface area contributed by atoms with Gasteiger partial charge in [0.05, 0.1) is 19.8 Å². The SMILES string of the molecule is C=CCCC(CO)C1(C)OCCO1. The van der Waals surface area contributed by atoms with Gasteiger partial charge in [-0.1, -0.05) is 6.08 Å². The predicted molar refractivity (Wildman–Crippen MR) is 50.3 cm³/mol. The molecule has 13 heavy (non-hydrogen) atoms. The number of allylic oxidation sites excluding steroid dienone is 1. The van der Waals surface area contributed by atoms with E-state index in [1.54, 1.807) is 0 Å². The van der Waals surface area contributed by atoms with Crippen LogP contribution in [0, 0.1) is 5.92 Å². The summed E-state index contributed by atoms with van der Waals surface area (Å²) in [5.74, 6) is -0.536. The fourth-order valence-corrected chi connectivity index (χ4v) is 1.60. The third kappa shape index (κ3) is 2.53. The van der Waals surface area contributed by atoms with Gasteiger partial charge in [0.1, 0.15) is 0 Å². The number of rotatable bonds is 5. The first-order chi connectivity index (χ1) is 6.23. The molecule has 0 bridgehead atoms. The average Bonchev–Trinajstić information content (AvgIpc) is 2.54. The summed E-state index contributed by atoms with van der Waals surface area (Å²) in [6, 6.07) is 0. The predicted octanol–water partition coefficient (Wildman–Crippen LogP) is 1.32. The van der Waals surface area contributed by atoms with Gasteiger partial charge in [-0.25, -0.2) is 0 Å². The molecule has 1 atom stereocenters. The number of ether oxygens (including phenoxy) is 2. The van der Waals surface area contributed by atoms with Gasteiger partial charge in [-0.15, -0.1) is 6.58 Å². The lowest BCUT2D eigenvalue weighted by Gasteiger charge is -2.30. The summed E-state index contributed by atoms with van der Waals surface area (Å²) < 4.78 is 10.9. The summed E-state index contributed by atoms with van der Waals surface area (Å²) >= 11 is 0. The molecule has 1 aliphatic heterocycles. The standard InChI is InChI=1S/C10H18O3/c1-3-4-5-9(8-11)10(2)12-6-7-13-10/h3,9,11H,1,4-8H2,2H3. The maximum absolute atomic E-state index is 9.18. The molecule has 0 aromatic carbocycles. The zero-order chi connectivity index (χ0) is 9.73. The summed E-state index contributed by atoms with van der Waals surface area (Å²) in [6.45, 7) is 6.90. The van der Waals surface area contributed by atoms with Gasteiger partial charge in [0.25, 0.3) is 0 Å². The van der Waals surface area contributed by atoms with E-state index in [1.807, 2.05) is 13.0 Å². The minimum absolute atomic E-state index is 0.0491. The van der Waals surface area contributed by atoms with Crippen LogP contribution in [0.4, 0.5) is 0 Å². The second-order valence-corrected chi connectivity index (χ2v) is 3.46. The van der Waals surface area contributed by atoms with E-state index in [-0.39, 0.29) is 12.5 Å². The Morgan fingerprint density at radius 1 is 1.54 bits per heavy atom. The van der Waals surface area contributed by atoms with E-state index in [0.717, 1.165) is 12.8 Å². The first-order valence-electron chi connectivity index (χ1n) is 4.72. The Labute approximate surface area is 79.3 Å². The van der Waals surface area contributed by atoms with E-state index in [1.165, 1.54) is 0 Å². The fraction of sp³-hybridized carbons (Fsp3) is 0.800. The lowest BCUT2D eigenvalue weighted by atomic mass is 9.95. The quantitative estimate of drug-likeness (QED) is 0.658. The van der Waals surface area contributed by atoms with E-state index in [2.05, 4.69) is 6.58 Å². The Morgan fingerprint density at radius 2 is 2.15 bits per heavy atom. The molecule has 1 rings (SSSR count). The summed E-state index contributed by atoms with van der Waals surface area (Å²) in [7, 11) is 0. The van der Waals surface area contributed by atoms with Gasteiger partial charge < -0.3 is 14.6 Å². The van der Waals surface area contributed by atoms with Crippen molar-refractivity contribution in [1.29, 1.82) is 0 Å². The molecule has 0 aromatic rings. The van der Waals surface area contributed by atoms with Crippen LogP contribution in [0.15, 0.2) is 12.7 Å². The molecule has 76 valence electrons. The molecule has 1 fully saturated rings. The number of hydrogen-bond acceptors (Lipinski definition) is 3. The van der Waals surface area contributed by atoms with E-state index in [9.17, 15) is 5.11 Å². The molecule has 0 aliphatic carbocycles. The molecular weight excluding hydrogens is 168 g/mol. The third-order valence-corrected chi connectivity index (χ3v) is 2.54. The van der Waals surface area contributed by atoms with E-state index >= 15 is 0 Å². The van der Waals surface area contributed by atoms with Crippen LogP contribution >= 0.6 is 0 Å². The van der Waals surface area contributed by atoms with Gasteiger partial charge in [-0.3, -0.25) is 0 Å². The molecular formula is C10H18O3. The van der Waals surface area contributed by atoms with Crippen molar-refractivity contribution < 1.29 is 14.6 Å². The van der Waals surface area contributed by atoms with Crippen LogP contribution < -0.4 is 0 Å². The van der Waals surface area contributed by atoms with Crippen molar-refractivity contribution in [3.05, 3.63) is 12.7 Å². The zero-order valence-corrected chi connectivity index (χ0v) is 8.16. The molecule has 1 heterocycles. The minimum atomic E-state index is -0.586. The molecule has 3 nitrogen and oxygen atoms in total. The van der Waals surface area contributed by atoms with E-state index < -0.39 is 5.79 Å². The number of aliphatic hydroxyl groups excluding tert-OH is 1. The van der Waals surface area contributed by atoms with Crippen molar-refractivity contribution in [2.75, 3.05) is 19.8 Å². The highest BCUT2D eigenvalue weighted by molar-refractivity contribution is 4.80. The van der Waals surface area contributed by atoms with Crippen LogP contribution in [0.25, 0.3) is 0 Å². The first kappa shape index (κ1) is 10.7. The lowest BCUT2D eigenvalue weighted by molar-refractivity contribution is -0.190. The normalized spacial score (nSPS) is 22.9. The molecule has 3 heteroatoms. The average molecular weight is 186 g/mol. The van der Waals surface area contributed by atoms with E-state index in [4.69, 9.17) is 9.47 Å².